The first-order valence-corrected chi connectivity index (χ1v) is 9.77. The molecular formula is C21H13NO2S2. The van der Waals surface area contributed by atoms with Crippen LogP contribution < -0.4 is 5.73 Å². The number of ketones is 1. The van der Waals surface area contributed by atoms with E-state index in [0.29, 0.717) is 4.88 Å². The molecule has 5 aromatic rings. The highest BCUT2D eigenvalue weighted by molar-refractivity contribution is 7.21. The normalized spacial score (nSPS) is 11.7. The Labute approximate surface area is 156 Å². The van der Waals surface area contributed by atoms with E-state index in [2.05, 4.69) is 36.4 Å². The van der Waals surface area contributed by atoms with E-state index in [1.807, 2.05) is 12.1 Å². The van der Waals surface area contributed by atoms with E-state index in [0.717, 1.165) is 46.6 Å². The van der Waals surface area contributed by atoms with Crippen LogP contribution in [0.4, 0.5) is 0 Å². The van der Waals surface area contributed by atoms with E-state index in [4.69, 9.17) is 5.73 Å². The van der Waals surface area contributed by atoms with Gasteiger partial charge in [-0.05, 0) is 75.6 Å². The van der Waals surface area contributed by atoms with Crippen LogP contribution in [-0.4, -0.2) is 11.7 Å². The minimum absolute atomic E-state index is 0.0967. The number of hydrogen-bond acceptors (Lipinski definition) is 4. The molecular weight excluding hydrogens is 362 g/mol. The predicted octanol–water partition coefficient (Wildman–Crippen LogP) is 5.72. The van der Waals surface area contributed by atoms with E-state index in [9.17, 15) is 9.59 Å². The molecule has 0 saturated carbocycles. The predicted molar refractivity (Wildman–Crippen MR) is 111 cm³/mol. The van der Waals surface area contributed by atoms with Gasteiger partial charge in [0.05, 0.1) is 9.75 Å². The third kappa shape index (κ3) is 2.25. The number of Topliss-reactive ketones (excluding diaryl/α,β-unsaturated/α-hetero) is 1. The summed E-state index contributed by atoms with van der Waals surface area (Å²) in [6, 6.07) is 16.6. The first-order chi connectivity index (χ1) is 12.5. The molecule has 0 bridgehead atoms. The van der Waals surface area contributed by atoms with E-state index in [1.165, 1.54) is 22.7 Å². The molecule has 126 valence electrons. The summed E-state index contributed by atoms with van der Waals surface area (Å²) in [6.07, 6.45) is 0. The number of benzene rings is 3. The molecule has 5 rings (SSSR count). The number of nitrogens with two attached hydrogens (primary N) is 1. The van der Waals surface area contributed by atoms with Gasteiger partial charge in [0.15, 0.2) is 5.78 Å². The molecule has 0 spiro atoms. The van der Waals surface area contributed by atoms with Crippen molar-refractivity contribution in [3.8, 4) is 0 Å². The lowest BCUT2D eigenvalue weighted by Crippen LogP contribution is -2.07. The maximum atomic E-state index is 11.7. The van der Waals surface area contributed by atoms with Crippen molar-refractivity contribution in [2.24, 2.45) is 5.73 Å². The van der Waals surface area contributed by atoms with Gasteiger partial charge in [0.1, 0.15) is 0 Å². The Kier molecular flexibility index (Phi) is 3.20. The van der Waals surface area contributed by atoms with Crippen molar-refractivity contribution < 1.29 is 9.59 Å². The molecule has 0 aliphatic carbocycles. The smallest absolute Gasteiger partial charge is 0.258 e. The highest BCUT2D eigenvalue weighted by Crippen LogP contribution is 2.37. The summed E-state index contributed by atoms with van der Waals surface area (Å²) in [7, 11) is 0. The molecule has 2 N–H and O–H groups in total. The molecule has 0 unspecified atom stereocenters. The van der Waals surface area contributed by atoms with Crippen molar-refractivity contribution in [2.45, 2.75) is 6.92 Å². The Hall–Kier alpha value is -2.76. The van der Waals surface area contributed by atoms with Crippen LogP contribution in [0.3, 0.4) is 0 Å². The summed E-state index contributed by atoms with van der Waals surface area (Å²) in [6.45, 7) is 1.60. The number of fused-ring (bicyclic) bond motifs is 5. The molecule has 0 aliphatic heterocycles. The first-order valence-electron chi connectivity index (χ1n) is 8.14. The van der Waals surface area contributed by atoms with Crippen LogP contribution in [0, 0.1) is 0 Å². The average molecular weight is 375 g/mol. The molecule has 0 saturated heterocycles. The molecule has 1 amide bonds. The average Bonchev–Trinajstić information content (AvgIpc) is 3.21. The molecule has 2 heterocycles. The summed E-state index contributed by atoms with van der Waals surface area (Å²) in [5.41, 5.74) is 5.43. The largest absolute Gasteiger partial charge is 0.365 e. The topological polar surface area (TPSA) is 60.2 Å². The fourth-order valence-corrected chi connectivity index (χ4v) is 5.34. The third-order valence-electron chi connectivity index (χ3n) is 4.70. The molecule has 5 heteroatoms. The molecule has 0 aliphatic rings. The molecule has 0 fully saturated rings. The molecule has 3 nitrogen and oxygen atoms in total. The number of carbonyl (C=O) groups is 2. The van der Waals surface area contributed by atoms with Crippen LogP contribution >= 0.6 is 22.7 Å². The van der Waals surface area contributed by atoms with Crippen LogP contribution in [0.25, 0.3) is 41.7 Å². The van der Waals surface area contributed by atoms with E-state index in [-0.39, 0.29) is 5.78 Å². The quantitative estimate of drug-likeness (QED) is 0.317. The van der Waals surface area contributed by atoms with E-state index < -0.39 is 5.91 Å². The van der Waals surface area contributed by atoms with Gasteiger partial charge >= 0.3 is 0 Å². The molecule has 2 aromatic heterocycles. The van der Waals surface area contributed by atoms with E-state index >= 15 is 0 Å². The number of hydrogen-bond donors (Lipinski definition) is 1. The van der Waals surface area contributed by atoms with Gasteiger partial charge in [-0.2, -0.15) is 0 Å². The summed E-state index contributed by atoms with van der Waals surface area (Å²) < 4.78 is 2.16. The van der Waals surface area contributed by atoms with Crippen molar-refractivity contribution in [1.82, 2.24) is 0 Å². The molecule has 0 atom stereocenters. The lowest BCUT2D eigenvalue weighted by Gasteiger charge is -2.05. The number of thiophene rings is 2. The van der Waals surface area contributed by atoms with Gasteiger partial charge in [0.25, 0.3) is 5.91 Å². The Morgan fingerprint density at radius 2 is 1.23 bits per heavy atom. The van der Waals surface area contributed by atoms with Gasteiger partial charge < -0.3 is 5.73 Å². The van der Waals surface area contributed by atoms with Crippen LogP contribution in [0.5, 0.6) is 0 Å². The fraction of sp³-hybridized carbons (Fsp3) is 0.0476. The van der Waals surface area contributed by atoms with Crippen LogP contribution in [0.2, 0.25) is 0 Å². The van der Waals surface area contributed by atoms with Gasteiger partial charge in [-0.15, -0.1) is 22.7 Å². The maximum absolute atomic E-state index is 11.7. The standard InChI is InChI=1S/C21H13NO2S2/c1-10(23)17-6-13-4-11-2-3-12-5-14-7-20(21(22)24)26-19(14)9-16(12)15(11)8-18(13)25-17/h2-9H,1H3,(H2,22,24). The number of carbonyl (C=O) groups excluding carboxylic acids is 2. The summed E-state index contributed by atoms with van der Waals surface area (Å²) >= 11 is 2.96. The van der Waals surface area contributed by atoms with Crippen molar-refractivity contribution in [3.05, 3.63) is 58.3 Å². The number of primary amides is 1. The van der Waals surface area contributed by atoms with Crippen molar-refractivity contribution in [1.29, 1.82) is 0 Å². The van der Waals surface area contributed by atoms with Crippen molar-refractivity contribution >= 4 is 76.1 Å². The van der Waals surface area contributed by atoms with Crippen molar-refractivity contribution in [2.75, 3.05) is 0 Å². The fourth-order valence-electron chi connectivity index (χ4n) is 3.43. The Morgan fingerprint density at radius 1 is 0.731 bits per heavy atom. The summed E-state index contributed by atoms with van der Waals surface area (Å²) in [4.78, 5) is 24.5. The lowest BCUT2D eigenvalue weighted by molar-refractivity contribution is 0.1000. The molecule has 0 radical (unpaired) electrons. The van der Waals surface area contributed by atoms with Crippen LogP contribution in [-0.2, 0) is 0 Å². The second kappa shape index (κ2) is 5.37. The minimum atomic E-state index is -0.392. The maximum Gasteiger partial charge on any atom is 0.258 e. The zero-order chi connectivity index (χ0) is 18.0. The first kappa shape index (κ1) is 15.5. The van der Waals surface area contributed by atoms with Gasteiger partial charge in [-0.1, -0.05) is 12.1 Å². The molecule has 3 aromatic carbocycles. The Balaban J connectivity index is 1.86. The zero-order valence-corrected chi connectivity index (χ0v) is 15.5. The molecule has 26 heavy (non-hydrogen) atoms. The second-order valence-corrected chi connectivity index (χ2v) is 8.60. The Morgan fingerprint density at radius 3 is 1.73 bits per heavy atom. The van der Waals surface area contributed by atoms with Gasteiger partial charge in [-0.25, -0.2) is 0 Å². The highest BCUT2D eigenvalue weighted by atomic mass is 32.1. The zero-order valence-electron chi connectivity index (χ0n) is 13.8. The van der Waals surface area contributed by atoms with E-state index in [1.54, 1.807) is 6.92 Å². The second-order valence-electron chi connectivity index (χ2n) is 6.43. The lowest BCUT2D eigenvalue weighted by atomic mass is 10.00. The van der Waals surface area contributed by atoms with Gasteiger partial charge in [0.2, 0.25) is 0 Å². The SMILES string of the molecule is CC(=O)c1cc2cc3ccc4cc5cc(C(N)=O)sc5cc4c3cc2s1. The van der Waals surface area contributed by atoms with Crippen LogP contribution in [0.1, 0.15) is 26.3 Å². The monoisotopic (exact) mass is 375 g/mol. The van der Waals surface area contributed by atoms with Gasteiger partial charge in [-0.3, -0.25) is 9.59 Å². The Bertz CT molecular complexity index is 1280. The summed E-state index contributed by atoms with van der Waals surface area (Å²) in [5, 5.41) is 6.70. The number of rotatable bonds is 2. The highest BCUT2D eigenvalue weighted by Gasteiger charge is 2.11. The third-order valence-corrected chi connectivity index (χ3v) is 7.01. The van der Waals surface area contributed by atoms with Gasteiger partial charge in [0, 0.05) is 9.40 Å². The summed E-state index contributed by atoms with van der Waals surface area (Å²) in [5.74, 6) is -0.295. The van der Waals surface area contributed by atoms with Crippen molar-refractivity contribution in [3.63, 3.8) is 0 Å². The van der Waals surface area contributed by atoms with Crippen LogP contribution in [0.15, 0.2) is 48.5 Å². The minimum Gasteiger partial charge on any atom is -0.365 e. The number of amides is 1.